The maximum Gasteiger partial charge on any atom is 0.246 e. The molecule has 0 aromatic rings. The number of hydrogen-bond donors (Lipinski definition) is 0. The Morgan fingerprint density at radius 1 is 1.32 bits per heavy atom. The van der Waals surface area contributed by atoms with Gasteiger partial charge in [-0.15, -0.1) is 0 Å². The first-order chi connectivity index (χ1) is 9.24. The summed E-state index contributed by atoms with van der Waals surface area (Å²) in [6.07, 6.45) is 9.99. The molecule has 0 bridgehead atoms. The Kier molecular flexibility index (Phi) is 5.44. The minimum Gasteiger partial charge on any atom is -0.376 e. The quantitative estimate of drug-likeness (QED) is 0.715. The van der Waals surface area contributed by atoms with Crippen molar-refractivity contribution in [2.45, 2.75) is 64.0 Å². The second kappa shape index (κ2) is 7.09. The number of ether oxygens (including phenoxy) is 1. The van der Waals surface area contributed by atoms with Crippen molar-refractivity contribution in [3.05, 3.63) is 12.7 Å². The van der Waals surface area contributed by atoms with Gasteiger partial charge in [0.2, 0.25) is 5.91 Å². The molecule has 2 aliphatic rings. The Balaban J connectivity index is 1.93. The van der Waals surface area contributed by atoms with Gasteiger partial charge >= 0.3 is 0 Å². The lowest BCUT2D eigenvalue weighted by Gasteiger charge is -2.37. The van der Waals surface area contributed by atoms with Gasteiger partial charge in [-0.2, -0.15) is 0 Å². The number of hydrogen-bond acceptors (Lipinski definition) is 2. The predicted octanol–water partition coefficient (Wildman–Crippen LogP) is 3.15. The topological polar surface area (TPSA) is 29.5 Å². The molecule has 1 amide bonds. The van der Waals surface area contributed by atoms with Gasteiger partial charge in [-0.05, 0) is 50.5 Å². The molecule has 0 aromatic heterocycles. The van der Waals surface area contributed by atoms with Crippen molar-refractivity contribution in [3.8, 4) is 0 Å². The Labute approximate surface area is 117 Å². The summed E-state index contributed by atoms with van der Waals surface area (Å²) in [6.45, 7) is 7.52. The average Bonchev–Trinajstić information content (AvgIpc) is 2.97. The van der Waals surface area contributed by atoms with E-state index in [9.17, 15) is 4.79 Å². The number of rotatable bonds is 5. The van der Waals surface area contributed by atoms with Gasteiger partial charge in [0, 0.05) is 19.2 Å². The van der Waals surface area contributed by atoms with E-state index in [0.29, 0.717) is 6.04 Å². The molecule has 19 heavy (non-hydrogen) atoms. The average molecular weight is 265 g/mol. The monoisotopic (exact) mass is 265 g/mol. The maximum atomic E-state index is 12.1. The molecule has 0 spiro atoms. The van der Waals surface area contributed by atoms with Crippen LogP contribution in [0.2, 0.25) is 0 Å². The molecule has 2 rings (SSSR count). The lowest BCUT2D eigenvalue weighted by molar-refractivity contribution is -0.131. The summed E-state index contributed by atoms with van der Waals surface area (Å²) >= 11 is 0. The van der Waals surface area contributed by atoms with Gasteiger partial charge in [-0.1, -0.05) is 19.9 Å². The summed E-state index contributed by atoms with van der Waals surface area (Å²) < 4.78 is 5.68. The molecule has 0 aromatic carbocycles. The van der Waals surface area contributed by atoms with Crippen molar-refractivity contribution < 1.29 is 9.53 Å². The fourth-order valence-corrected chi connectivity index (χ4v) is 3.41. The van der Waals surface area contributed by atoms with E-state index in [0.717, 1.165) is 44.8 Å². The molecule has 0 radical (unpaired) electrons. The maximum absolute atomic E-state index is 12.1. The summed E-state index contributed by atoms with van der Waals surface area (Å²) in [5, 5.41) is 0. The third-order valence-corrected chi connectivity index (χ3v) is 4.72. The third kappa shape index (κ3) is 3.82. The fourth-order valence-electron chi connectivity index (χ4n) is 3.41. The fraction of sp³-hybridized carbons (Fsp3) is 0.812. The molecule has 1 aliphatic carbocycles. The van der Waals surface area contributed by atoms with Crippen LogP contribution in [0.25, 0.3) is 0 Å². The molecular weight excluding hydrogens is 238 g/mol. The first-order valence-corrected chi connectivity index (χ1v) is 7.79. The molecule has 2 fully saturated rings. The van der Waals surface area contributed by atoms with Gasteiger partial charge < -0.3 is 9.64 Å². The molecule has 0 unspecified atom stereocenters. The van der Waals surface area contributed by atoms with E-state index in [1.54, 1.807) is 0 Å². The Morgan fingerprint density at radius 2 is 2.05 bits per heavy atom. The van der Waals surface area contributed by atoms with Crippen LogP contribution in [-0.4, -0.2) is 36.1 Å². The SMILES string of the molecule is C=CC(=O)N(C[C@H]1CCCO1)C1CCC(CC)CC1. The van der Waals surface area contributed by atoms with Gasteiger partial charge in [-0.3, -0.25) is 4.79 Å². The van der Waals surface area contributed by atoms with Crippen LogP contribution in [0.3, 0.4) is 0 Å². The van der Waals surface area contributed by atoms with Crippen LogP contribution in [0.5, 0.6) is 0 Å². The minimum atomic E-state index is 0.0791. The third-order valence-electron chi connectivity index (χ3n) is 4.72. The minimum absolute atomic E-state index is 0.0791. The van der Waals surface area contributed by atoms with Crippen molar-refractivity contribution in [2.24, 2.45) is 5.92 Å². The van der Waals surface area contributed by atoms with Gasteiger partial charge in [0.05, 0.1) is 6.10 Å². The summed E-state index contributed by atoms with van der Waals surface area (Å²) in [6, 6.07) is 0.400. The van der Waals surface area contributed by atoms with Crippen LogP contribution in [0, 0.1) is 5.92 Å². The number of amides is 1. The van der Waals surface area contributed by atoms with E-state index in [1.807, 2.05) is 4.90 Å². The summed E-state index contributed by atoms with van der Waals surface area (Å²) in [4.78, 5) is 14.1. The summed E-state index contributed by atoms with van der Waals surface area (Å²) in [5.74, 6) is 0.940. The van der Waals surface area contributed by atoms with Crippen molar-refractivity contribution in [2.75, 3.05) is 13.2 Å². The largest absolute Gasteiger partial charge is 0.376 e. The van der Waals surface area contributed by atoms with E-state index in [1.165, 1.54) is 25.3 Å². The van der Waals surface area contributed by atoms with Crippen LogP contribution < -0.4 is 0 Å². The van der Waals surface area contributed by atoms with Gasteiger partial charge in [0.1, 0.15) is 0 Å². The summed E-state index contributed by atoms with van der Waals surface area (Å²) in [7, 11) is 0. The highest BCUT2D eigenvalue weighted by atomic mass is 16.5. The standard InChI is InChI=1S/C16H27NO2/c1-3-13-7-9-14(10-8-13)17(16(18)4-2)12-15-6-5-11-19-15/h4,13-15H,2-3,5-12H2,1H3/t13?,14?,15-/m1/s1. The van der Waals surface area contributed by atoms with E-state index in [2.05, 4.69) is 13.5 Å². The molecule has 1 aliphatic heterocycles. The molecule has 3 nitrogen and oxygen atoms in total. The molecular formula is C16H27NO2. The van der Waals surface area contributed by atoms with E-state index < -0.39 is 0 Å². The van der Waals surface area contributed by atoms with Crippen molar-refractivity contribution in [1.29, 1.82) is 0 Å². The van der Waals surface area contributed by atoms with E-state index in [-0.39, 0.29) is 12.0 Å². The van der Waals surface area contributed by atoms with Crippen LogP contribution in [0.1, 0.15) is 51.9 Å². The zero-order valence-corrected chi connectivity index (χ0v) is 12.1. The van der Waals surface area contributed by atoms with E-state index >= 15 is 0 Å². The first-order valence-electron chi connectivity index (χ1n) is 7.79. The molecule has 0 N–H and O–H groups in total. The molecule has 1 heterocycles. The molecule has 1 saturated carbocycles. The van der Waals surface area contributed by atoms with Gasteiger partial charge in [0.15, 0.2) is 0 Å². The zero-order chi connectivity index (χ0) is 13.7. The number of nitrogens with zero attached hydrogens (tertiary/aromatic N) is 1. The summed E-state index contributed by atoms with van der Waals surface area (Å²) in [5.41, 5.74) is 0. The van der Waals surface area contributed by atoms with Crippen LogP contribution in [0.4, 0.5) is 0 Å². The van der Waals surface area contributed by atoms with Crippen molar-refractivity contribution in [1.82, 2.24) is 4.90 Å². The van der Waals surface area contributed by atoms with Gasteiger partial charge in [-0.25, -0.2) is 0 Å². The highest BCUT2D eigenvalue weighted by Crippen LogP contribution is 2.30. The predicted molar refractivity (Wildman–Crippen MR) is 76.9 cm³/mol. The molecule has 1 saturated heterocycles. The van der Waals surface area contributed by atoms with Crippen molar-refractivity contribution in [3.63, 3.8) is 0 Å². The van der Waals surface area contributed by atoms with Crippen LogP contribution >= 0.6 is 0 Å². The lowest BCUT2D eigenvalue weighted by Crippen LogP contribution is -2.45. The molecule has 108 valence electrons. The van der Waals surface area contributed by atoms with E-state index in [4.69, 9.17) is 4.74 Å². The Morgan fingerprint density at radius 3 is 2.58 bits per heavy atom. The smallest absolute Gasteiger partial charge is 0.246 e. The van der Waals surface area contributed by atoms with Crippen LogP contribution in [-0.2, 0) is 9.53 Å². The normalized spacial score (nSPS) is 31.1. The molecule has 1 atom stereocenters. The number of carbonyl (C=O) groups excluding carboxylic acids is 1. The van der Waals surface area contributed by atoms with Crippen LogP contribution in [0.15, 0.2) is 12.7 Å². The lowest BCUT2D eigenvalue weighted by atomic mass is 9.84. The highest BCUT2D eigenvalue weighted by molar-refractivity contribution is 5.87. The first kappa shape index (κ1) is 14.6. The van der Waals surface area contributed by atoms with Crippen molar-refractivity contribution >= 4 is 5.91 Å². The molecule has 3 heteroatoms. The number of carbonyl (C=O) groups is 1. The Hall–Kier alpha value is -0.830. The second-order valence-corrected chi connectivity index (χ2v) is 5.91. The Bertz CT molecular complexity index is 302. The zero-order valence-electron chi connectivity index (χ0n) is 12.1. The van der Waals surface area contributed by atoms with Gasteiger partial charge in [0.25, 0.3) is 0 Å². The second-order valence-electron chi connectivity index (χ2n) is 5.91. The highest BCUT2D eigenvalue weighted by Gasteiger charge is 2.30.